The van der Waals surface area contributed by atoms with E-state index < -0.39 is 0 Å². The summed E-state index contributed by atoms with van der Waals surface area (Å²) in [6, 6.07) is 16.4. The molecule has 25 heavy (non-hydrogen) atoms. The van der Waals surface area contributed by atoms with E-state index in [9.17, 15) is 4.79 Å². The Bertz CT molecular complexity index is 902. The number of rotatable bonds is 5. The van der Waals surface area contributed by atoms with Gasteiger partial charge in [-0.1, -0.05) is 24.3 Å². The van der Waals surface area contributed by atoms with Crippen LogP contribution in [0.25, 0.3) is 0 Å². The molecule has 0 saturated carbocycles. The molecule has 0 saturated heterocycles. The fraction of sp³-hybridized carbons (Fsp3) is 0.0556. The van der Waals surface area contributed by atoms with Crippen LogP contribution < -0.4 is 15.4 Å². The molecule has 1 aromatic heterocycles. The van der Waals surface area contributed by atoms with E-state index >= 15 is 0 Å². The number of carbonyl (C=O) groups is 1. The summed E-state index contributed by atoms with van der Waals surface area (Å²) in [6.07, 6.45) is 1.34. The second-order valence-electron chi connectivity index (χ2n) is 5.05. The third kappa shape index (κ3) is 4.13. The van der Waals surface area contributed by atoms with Gasteiger partial charge >= 0.3 is 0 Å². The maximum atomic E-state index is 12.4. The summed E-state index contributed by atoms with van der Waals surface area (Å²) >= 11 is 3.40. The molecular weight excluding hydrogens is 384 g/mol. The normalized spacial score (nSPS) is 10.2. The van der Waals surface area contributed by atoms with Crippen molar-refractivity contribution in [2.24, 2.45) is 0 Å². The number of benzene rings is 2. The molecule has 2 N–H and O–H groups in total. The van der Waals surface area contributed by atoms with E-state index in [1.54, 1.807) is 19.2 Å². The highest BCUT2D eigenvalue weighted by Gasteiger charge is 2.11. The first-order valence-corrected chi connectivity index (χ1v) is 8.24. The van der Waals surface area contributed by atoms with Crippen LogP contribution in [0.3, 0.4) is 0 Å². The number of hydrogen-bond acceptors (Lipinski definition) is 5. The van der Waals surface area contributed by atoms with Gasteiger partial charge in [-0.25, -0.2) is 9.97 Å². The predicted octanol–water partition coefficient (Wildman–Crippen LogP) is 4.24. The highest BCUT2D eigenvalue weighted by atomic mass is 79.9. The summed E-state index contributed by atoms with van der Waals surface area (Å²) < 4.78 is 6.09. The first-order chi connectivity index (χ1) is 12.2. The lowest BCUT2D eigenvalue weighted by Gasteiger charge is -2.11. The monoisotopic (exact) mass is 398 g/mol. The molecule has 0 fully saturated rings. The standard InChI is InChI=1S/C18H15BrN4O2/c1-25-16-9-5-4-8-14(16)22-17-10-15(20-11-21-17)18(24)23-13-7-3-2-6-12(13)19/h2-11H,1H3,(H,23,24)(H,20,21,22). The maximum absolute atomic E-state index is 12.4. The lowest BCUT2D eigenvalue weighted by Crippen LogP contribution is -2.14. The molecule has 0 atom stereocenters. The molecule has 0 spiro atoms. The van der Waals surface area contributed by atoms with E-state index in [1.165, 1.54) is 6.33 Å². The van der Waals surface area contributed by atoms with Gasteiger partial charge in [0.15, 0.2) is 0 Å². The molecule has 0 aliphatic rings. The van der Waals surface area contributed by atoms with Gasteiger partial charge in [-0.15, -0.1) is 0 Å². The van der Waals surface area contributed by atoms with Crippen LogP contribution >= 0.6 is 15.9 Å². The summed E-state index contributed by atoms with van der Waals surface area (Å²) in [5, 5.41) is 5.94. The van der Waals surface area contributed by atoms with Gasteiger partial charge in [-0.2, -0.15) is 0 Å². The van der Waals surface area contributed by atoms with Gasteiger partial charge in [-0.3, -0.25) is 4.79 Å². The van der Waals surface area contributed by atoms with Gasteiger partial charge in [-0.05, 0) is 40.2 Å². The van der Waals surface area contributed by atoms with Gasteiger partial charge in [0.25, 0.3) is 5.91 Å². The smallest absolute Gasteiger partial charge is 0.274 e. The number of nitrogens with zero attached hydrogens (tertiary/aromatic N) is 2. The molecule has 2 aromatic carbocycles. The number of anilines is 3. The SMILES string of the molecule is COc1ccccc1Nc1cc(C(=O)Nc2ccccc2Br)ncn1. The molecule has 0 bridgehead atoms. The number of amides is 1. The molecule has 3 rings (SSSR count). The Morgan fingerprint density at radius 3 is 2.52 bits per heavy atom. The lowest BCUT2D eigenvalue weighted by atomic mass is 10.2. The first kappa shape index (κ1) is 16.9. The van der Waals surface area contributed by atoms with Crippen LogP contribution in [0.2, 0.25) is 0 Å². The number of ether oxygens (including phenoxy) is 1. The Morgan fingerprint density at radius 1 is 1.04 bits per heavy atom. The van der Waals surface area contributed by atoms with Crippen molar-refractivity contribution in [3.8, 4) is 5.75 Å². The number of aromatic nitrogens is 2. The van der Waals surface area contributed by atoms with E-state index in [0.717, 1.165) is 10.2 Å². The topological polar surface area (TPSA) is 76.1 Å². The van der Waals surface area contributed by atoms with E-state index in [0.29, 0.717) is 17.3 Å². The number of hydrogen-bond donors (Lipinski definition) is 2. The zero-order valence-electron chi connectivity index (χ0n) is 13.4. The Hall–Kier alpha value is -2.93. The average Bonchev–Trinajstić information content (AvgIpc) is 2.64. The van der Waals surface area contributed by atoms with Gasteiger partial charge in [0.2, 0.25) is 0 Å². The summed E-state index contributed by atoms with van der Waals surface area (Å²) in [4.78, 5) is 20.6. The van der Waals surface area contributed by atoms with Crippen molar-refractivity contribution in [3.63, 3.8) is 0 Å². The molecule has 7 heteroatoms. The summed E-state index contributed by atoms with van der Waals surface area (Å²) in [6.45, 7) is 0. The van der Waals surface area contributed by atoms with Crippen LogP contribution in [0.4, 0.5) is 17.2 Å². The molecule has 126 valence electrons. The second kappa shape index (κ2) is 7.76. The van der Waals surface area contributed by atoms with E-state index in [1.807, 2.05) is 42.5 Å². The number of nitrogens with one attached hydrogen (secondary N) is 2. The fourth-order valence-electron chi connectivity index (χ4n) is 2.18. The minimum absolute atomic E-state index is 0.253. The predicted molar refractivity (Wildman–Crippen MR) is 100 cm³/mol. The minimum Gasteiger partial charge on any atom is -0.495 e. The Labute approximate surface area is 153 Å². The molecule has 6 nitrogen and oxygen atoms in total. The number of methoxy groups -OCH3 is 1. The fourth-order valence-corrected chi connectivity index (χ4v) is 2.57. The molecule has 1 heterocycles. The molecule has 1 amide bonds. The number of carbonyl (C=O) groups excluding carboxylic acids is 1. The molecule has 0 aliphatic heterocycles. The average molecular weight is 399 g/mol. The Morgan fingerprint density at radius 2 is 1.76 bits per heavy atom. The highest BCUT2D eigenvalue weighted by Crippen LogP contribution is 2.26. The molecule has 0 aliphatic carbocycles. The summed E-state index contributed by atoms with van der Waals surface area (Å²) in [5.74, 6) is 0.856. The minimum atomic E-state index is -0.322. The Kier molecular flexibility index (Phi) is 5.25. The maximum Gasteiger partial charge on any atom is 0.274 e. The van der Waals surface area contributed by atoms with Gasteiger partial charge in [0.05, 0.1) is 18.5 Å². The number of halogens is 1. The van der Waals surface area contributed by atoms with Crippen molar-refractivity contribution in [3.05, 3.63) is 71.1 Å². The van der Waals surface area contributed by atoms with E-state index in [4.69, 9.17) is 4.74 Å². The van der Waals surface area contributed by atoms with Crippen molar-refractivity contribution >= 4 is 39.0 Å². The van der Waals surface area contributed by atoms with Crippen LogP contribution in [-0.4, -0.2) is 23.0 Å². The largest absolute Gasteiger partial charge is 0.495 e. The quantitative estimate of drug-likeness (QED) is 0.671. The van der Waals surface area contributed by atoms with E-state index in [-0.39, 0.29) is 11.6 Å². The molecular formula is C18H15BrN4O2. The van der Waals surface area contributed by atoms with Crippen LogP contribution in [0.15, 0.2) is 65.4 Å². The molecule has 0 unspecified atom stereocenters. The van der Waals surface area contributed by atoms with Crippen molar-refractivity contribution < 1.29 is 9.53 Å². The van der Waals surface area contributed by atoms with Crippen LogP contribution in [0.5, 0.6) is 5.75 Å². The van der Waals surface area contributed by atoms with Crippen molar-refractivity contribution in [1.82, 2.24) is 9.97 Å². The first-order valence-electron chi connectivity index (χ1n) is 7.45. The van der Waals surface area contributed by atoms with Crippen LogP contribution in [0.1, 0.15) is 10.5 Å². The zero-order chi connectivity index (χ0) is 17.6. The number of para-hydroxylation sites is 3. The third-order valence-electron chi connectivity index (χ3n) is 3.39. The van der Waals surface area contributed by atoms with Crippen molar-refractivity contribution in [2.45, 2.75) is 0 Å². The highest BCUT2D eigenvalue weighted by molar-refractivity contribution is 9.10. The van der Waals surface area contributed by atoms with Gasteiger partial charge in [0, 0.05) is 10.5 Å². The van der Waals surface area contributed by atoms with E-state index in [2.05, 4.69) is 36.5 Å². The second-order valence-corrected chi connectivity index (χ2v) is 5.90. The molecule has 3 aromatic rings. The van der Waals surface area contributed by atoms with Gasteiger partial charge < -0.3 is 15.4 Å². The summed E-state index contributed by atoms with van der Waals surface area (Å²) in [7, 11) is 1.59. The van der Waals surface area contributed by atoms with Crippen LogP contribution in [0, 0.1) is 0 Å². The molecule has 0 radical (unpaired) electrons. The van der Waals surface area contributed by atoms with Crippen molar-refractivity contribution in [2.75, 3.05) is 17.7 Å². The third-order valence-corrected chi connectivity index (χ3v) is 4.08. The van der Waals surface area contributed by atoms with Crippen LogP contribution in [-0.2, 0) is 0 Å². The van der Waals surface area contributed by atoms with Crippen molar-refractivity contribution in [1.29, 1.82) is 0 Å². The zero-order valence-corrected chi connectivity index (χ0v) is 14.9. The Balaban J connectivity index is 1.79. The van der Waals surface area contributed by atoms with Gasteiger partial charge in [0.1, 0.15) is 23.6 Å². The summed E-state index contributed by atoms with van der Waals surface area (Å²) in [5.41, 5.74) is 1.68. The lowest BCUT2D eigenvalue weighted by molar-refractivity contribution is 0.102.